The lowest BCUT2D eigenvalue weighted by molar-refractivity contribution is 0.0989. The second kappa shape index (κ2) is 11.3. The molecule has 176 valence electrons. The predicted octanol–water partition coefficient (Wildman–Crippen LogP) is 6.78. The number of benzene rings is 4. The highest BCUT2D eigenvalue weighted by atomic mass is 16.5. The molecule has 0 saturated heterocycles. The van der Waals surface area contributed by atoms with Crippen LogP contribution < -0.4 is 9.47 Å². The summed E-state index contributed by atoms with van der Waals surface area (Å²) in [4.78, 5) is 25.1. The lowest BCUT2D eigenvalue weighted by atomic mass is 9.99. The lowest BCUT2D eigenvalue weighted by Gasteiger charge is -2.14. The second-order valence-corrected chi connectivity index (χ2v) is 8.51. The van der Waals surface area contributed by atoms with E-state index >= 15 is 0 Å². The number of ether oxygens (including phenoxy) is 2. The largest absolute Gasteiger partial charge is 0.489 e. The second-order valence-electron chi connectivity index (χ2n) is 8.51. The smallest absolute Gasteiger partial charge is 0.167 e. The maximum absolute atomic E-state index is 13.2. The van der Waals surface area contributed by atoms with Crippen LogP contribution in [0.1, 0.15) is 49.9 Å². The van der Waals surface area contributed by atoms with Crippen LogP contribution in [0.15, 0.2) is 97.1 Å². The van der Waals surface area contributed by atoms with Gasteiger partial charge in [-0.25, -0.2) is 0 Å². The zero-order chi connectivity index (χ0) is 24.6. The first-order valence-corrected chi connectivity index (χ1v) is 11.6. The molecule has 0 aromatic heterocycles. The minimum atomic E-state index is -0.0498. The molecule has 0 bridgehead atoms. The van der Waals surface area contributed by atoms with Crippen LogP contribution in [0.3, 0.4) is 0 Å². The highest BCUT2D eigenvalue weighted by molar-refractivity contribution is 5.99. The molecule has 4 aromatic rings. The molecule has 4 nitrogen and oxygen atoms in total. The number of carbonyl (C=O) groups excluding carboxylic acids is 2. The van der Waals surface area contributed by atoms with Crippen LogP contribution in [0.4, 0.5) is 0 Å². The Kier molecular flexibility index (Phi) is 7.74. The minimum Gasteiger partial charge on any atom is -0.489 e. The summed E-state index contributed by atoms with van der Waals surface area (Å²) in [6.45, 7) is 4.27. The van der Waals surface area contributed by atoms with Gasteiger partial charge in [0.15, 0.2) is 11.6 Å². The van der Waals surface area contributed by atoms with Crippen LogP contribution in [0.5, 0.6) is 11.5 Å². The molecule has 0 radical (unpaired) electrons. The average molecular weight is 465 g/mol. The van der Waals surface area contributed by atoms with Gasteiger partial charge in [0.2, 0.25) is 0 Å². The number of ketones is 2. The van der Waals surface area contributed by atoms with E-state index in [4.69, 9.17) is 9.47 Å². The highest BCUT2D eigenvalue weighted by Gasteiger charge is 2.15. The van der Waals surface area contributed by atoms with Crippen molar-refractivity contribution in [2.45, 2.75) is 33.5 Å². The SMILES string of the molecule is CC(=O)c1ccc(CC(=O)c2ccc(C)c(OCc3ccccc3)c2)c(OCc2ccccc2)c1. The molecule has 0 aliphatic rings. The third-order valence-electron chi connectivity index (χ3n) is 5.81. The molecule has 0 aliphatic carbocycles. The van der Waals surface area contributed by atoms with Gasteiger partial charge in [-0.2, -0.15) is 0 Å². The monoisotopic (exact) mass is 464 g/mol. The van der Waals surface area contributed by atoms with Gasteiger partial charge in [-0.3, -0.25) is 9.59 Å². The Labute approximate surface area is 206 Å². The van der Waals surface area contributed by atoms with E-state index in [-0.39, 0.29) is 18.0 Å². The van der Waals surface area contributed by atoms with Gasteiger partial charge in [-0.1, -0.05) is 84.9 Å². The maximum atomic E-state index is 13.2. The fraction of sp³-hybridized carbons (Fsp3) is 0.161. The molecular formula is C31H28O4. The van der Waals surface area contributed by atoms with Crippen molar-refractivity contribution in [2.75, 3.05) is 0 Å². The van der Waals surface area contributed by atoms with Gasteiger partial charge in [0.1, 0.15) is 24.7 Å². The molecule has 0 fully saturated rings. The molecule has 0 spiro atoms. The Hall–Kier alpha value is -4.18. The zero-order valence-electron chi connectivity index (χ0n) is 20.0. The molecule has 4 rings (SSSR count). The summed E-state index contributed by atoms with van der Waals surface area (Å²) in [5.74, 6) is 1.13. The summed E-state index contributed by atoms with van der Waals surface area (Å²) >= 11 is 0. The van der Waals surface area contributed by atoms with Crippen molar-refractivity contribution in [3.05, 3.63) is 130 Å². The molecule has 4 heteroatoms. The van der Waals surface area contributed by atoms with Gasteiger partial charge in [0, 0.05) is 23.1 Å². The topological polar surface area (TPSA) is 52.6 Å². The molecule has 4 aromatic carbocycles. The zero-order valence-corrected chi connectivity index (χ0v) is 20.0. The van der Waals surface area contributed by atoms with Crippen molar-refractivity contribution in [1.82, 2.24) is 0 Å². The number of rotatable bonds is 10. The van der Waals surface area contributed by atoms with Crippen molar-refractivity contribution >= 4 is 11.6 Å². The molecule has 0 atom stereocenters. The summed E-state index contributed by atoms with van der Waals surface area (Å²) in [7, 11) is 0. The number of Topliss-reactive ketones (excluding diaryl/α,β-unsaturated/α-hetero) is 2. The molecule has 35 heavy (non-hydrogen) atoms. The Morgan fingerprint density at radius 1 is 0.657 bits per heavy atom. The Bertz CT molecular complexity index is 1310. The molecule has 0 unspecified atom stereocenters. The summed E-state index contributed by atoms with van der Waals surface area (Å²) < 4.78 is 12.1. The van der Waals surface area contributed by atoms with Gasteiger partial charge in [0.25, 0.3) is 0 Å². The molecule has 0 saturated carbocycles. The van der Waals surface area contributed by atoms with E-state index < -0.39 is 0 Å². The average Bonchev–Trinajstić information content (AvgIpc) is 2.88. The van der Waals surface area contributed by atoms with E-state index in [0.29, 0.717) is 35.8 Å². The van der Waals surface area contributed by atoms with E-state index in [9.17, 15) is 9.59 Å². The van der Waals surface area contributed by atoms with Crippen molar-refractivity contribution in [1.29, 1.82) is 0 Å². The van der Waals surface area contributed by atoms with Gasteiger partial charge in [-0.05, 0) is 42.7 Å². The quantitative estimate of drug-likeness (QED) is 0.243. The molecular weight excluding hydrogens is 436 g/mol. The highest BCUT2D eigenvalue weighted by Crippen LogP contribution is 2.26. The summed E-state index contributed by atoms with van der Waals surface area (Å²) in [5.41, 5.74) is 4.91. The predicted molar refractivity (Wildman–Crippen MR) is 137 cm³/mol. The van der Waals surface area contributed by atoms with Crippen LogP contribution >= 0.6 is 0 Å². The fourth-order valence-electron chi connectivity index (χ4n) is 3.73. The van der Waals surface area contributed by atoms with E-state index in [2.05, 4.69) is 0 Å². The Balaban J connectivity index is 1.52. The van der Waals surface area contributed by atoms with Gasteiger partial charge >= 0.3 is 0 Å². The van der Waals surface area contributed by atoms with Crippen LogP contribution in [0, 0.1) is 6.92 Å². The van der Waals surface area contributed by atoms with Crippen molar-refractivity contribution in [2.24, 2.45) is 0 Å². The number of hydrogen-bond donors (Lipinski definition) is 0. The standard InChI is InChI=1S/C31H28O4/c1-22-13-14-27(19-30(22)34-20-24-9-5-3-6-10-24)29(33)17-28-16-15-26(23(2)32)18-31(28)35-21-25-11-7-4-8-12-25/h3-16,18-19H,17,20-21H2,1-2H3. The number of aryl methyl sites for hydroxylation is 1. The number of carbonyl (C=O) groups is 2. The summed E-state index contributed by atoms with van der Waals surface area (Å²) in [6, 6.07) is 30.5. The van der Waals surface area contributed by atoms with Crippen molar-refractivity contribution < 1.29 is 19.1 Å². The number of hydrogen-bond acceptors (Lipinski definition) is 4. The van der Waals surface area contributed by atoms with Crippen LogP contribution in [-0.4, -0.2) is 11.6 Å². The fourth-order valence-corrected chi connectivity index (χ4v) is 3.73. The minimum absolute atomic E-state index is 0.0466. The van der Waals surface area contributed by atoms with E-state index in [1.54, 1.807) is 24.3 Å². The first-order chi connectivity index (χ1) is 17.0. The first kappa shape index (κ1) is 24.0. The molecule has 0 N–H and O–H groups in total. The van der Waals surface area contributed by atoms with Crippen molar-refractivity contribution in [3.63, 3.8) is 0 Å². The molecule has 0 aliphatic heterocycles. The van der Waals surface area contributed by atoms with E-state index in [1.165, 1.54) is 6.92 Å². The van der Waals surface area contributed by atoms with Crippen LogP contribution in [0.2, 0.25) is 0 Å². The third kappa shape index (κ3) is 6.45. The molecule has 0 amide bonds. The summed E-state index contributed by atoms with van der Waals surface area (Å²) in [6.07, 6.45) is 0.156. The Morgan fingerprint density at radius 3 is 1.80 bits per heavy atom. The summed E-state index contributed by atoms with van der Waals surface area (Å²) in [5, 5.41) is 0. The van der Waals surface area contributed by atoms with Gasteiger partial charge in [-0.15, -0.1) is 0 Å². The lowest BCUT2D eigenvalue weighted by Crippen LogP contribution is -2.08. The Morgan fingerprint density at radius 2 is 1.20 bits per heavy atom. The van der Waals surface area contributed by atoms with Crippen LogP contribution in [0.25, 0.3) is 0 Å². The van der Waals surface area contributed by atoms with E-state index in [1.807, 2.05) is 79.7 Å². The normalized spacial score (nSPS) is 10.6. The van der Waals surface area contributed by atoms with E-state index in [0.717, 1.165) is 22.3 Å². The van der Waals surface area contributed by atoms with Gasteiger partial charge in [0.05, 0.1) is 0 Å². The van der Waals surface area contributed by atoms with Crippen molar-refractivity contribution in [3.8, 4) is 11.5 Å². The first-order valence-electron chi connectivity index (χ1n) is 11.6. The van der Waals surface area contributed by atoms with Crippen LogP contribution in [-0.2, 0) is 19.6 Å². The third-order valence-corrected chi connectivity index (χ3v) is 5.81. The van der Waals surface area contributed by atoms with Gasteiger partial charge < -0.3 is 9.47 Å². The maximum Gasteiger partial charge on any atom is 0.167 e. The molecule has 0 heterocycles.